The Morgan fingerprint density at radius 1 is 1.18 bits per heavy atom. The van der Waals surface area contributed by atoms with Crippen molar-refractivity contribution in [3.05, 3.63) is 35.5 Å². The predicted octanol–water partition coefficient (Wildman–Crippen LogP) is 2.71. The van der Waals surface area contributed by atoms with Crippen LogP contribution in [0.5, 0.6) is 5.75 Å². The van der Waals surface area contributed by atoms with Gasteiger partial charge in [-0.25, -0.2) is 18.6 Å². The predicted molar refractivity (Wildman–Crippen MR) is 75.0 cm³/mol. The molecule has 1 heterocycles. The Balaban J connectivity index is 2.47. The van der Waals surface area contributed by atoms with Gasteiger partial charge in [-0.3, -0.25) is 0 Å². The molecule has 0 saturated carbocycles. The topological polar surface area (TPSA) is 57.7 Å². The highest BCUT2D eigenvalue weighted by molar-refractivity contribution is 5.94. The Hall–Kier alpha value is -2.28. The van der Waals surface area contributed by atoms with Crippen molar-refractivity contribution in [2.75, 3.05) is 27.4 Å². The Bertz CT molecular complexity index is 691. The van der Waals surface area contributed by atoms with Crippen LogP contribution in [0.1, 0.15) is 16.9 Å². The van der Waals surface area contributed by atoms with Crippen LogP contribution in [0.15, 0.2) is 18.2 Å². The van der Waals surface area contributed by atoms with Gasteiger partial charge >= 0.3 is 5.97 Å². The van der Waals surface area contributed by atoms with E-state index in [4.69, 9.17) is 9.47 Å². The second-order valence-corrected chi connectivity index (χ2v) is 4.48. The molecule has 0 aliphatic carbocycles. The zero-order valence-corrected chi connectivity index (χ0v) is 12.2. The van der Waals surface area contributed by atoms with E-state index in [1.54, 1.807) is 7.11 Å². The lowest BCUT2D eigenvalue weighted by Crippen LogP contribution is -2.08. The number of nitrogens with zero attached hydrogens (tertiary/aromatic N) is 1. The Kier molecular flexibility index (Phi) is 5.21. The maximum Gasteiger partial charge on any atom is 0.356 e. The lowest BCUT2D eigenvalue weighted by molar-refractivity contribution is 0.0594. The van der Waals surface area contributed by atoms with E-state index in [0.29, 0.717) is 19.1 Å². The van der Waals surface area contributed by atoms with Crippen molar-refractivity contribution >= 4 is 16.9 Å². The number of benzene rings is 1. The minimum atomic E-state index is -0.873. The van der Waals surface area contributed by atoms with E-state index >= 15 is 0 Å². The number of rotatable bonds is 6. The van der Waals surface area contributed by atoms with E-state index in [9.17, 15) is 13.6 Å². The fourth-order valence-corrected chi connectivity index (χ4v) is 1.94. The average Bonchev–Trinajstić information content (AvgIpc) is 2.50. The van der Waals surface area contributed by atoms with Gasteiger partial charge in [-0.15, -0.1) is 0 Å². The monoisotopic (exact) mass is 311 g/mol. The Labute approximate surface area is 125 Å². The van der Waals surface area contributed by atoms with Crippen molar-refractivity contribution in [3.63, 3.8) is 0 Å². The van der Waals surface area contributed by atoms with Gasteiger partial charge in [0.2, 0.25) is 0 Å². The van der Waals surface area contributed by atoms with Crippen LogP contribution in [0.3, 0.4) is 0 Å². The molecule has 0 N–H and O–H groups in total. The van der Waals surface area contributed by atoms with Crippen LogP contribution < -0.4 is 4.74 Å². The van der Waals surface area contributed by atoms with Crippen molar-refractivity contribution in [3.8, 4) is 5.75 Å². The molecule has 22 heavy (non-hydrogen) atoms. The van der Waals surface area contributed by atoms with E-state index in [1.807, 2.05) is 0 Å². The van der Waals surface area contributed by atoms with Gasteiger partial charge in [-0.1, -0.05) is 0 Å². The smallest absolute Gasteiger partial charge is 0.356 e. The van der Waals surface area contributed by atoms with Crippen molar-refractivity contribution in [2.45, 2.75) is 6.42 Å². The third-order valence-electron chi connectivity index (χ3n) is 2.94. The first-order chi connectivity index (χ1) is 10.6. The largest absolute Gasteiger partial charge is 0.493 e. The van der Waals surface area contributed by atoms with Crippen LogP contribution in [0.2, 0.25) is 0 Å². The summed E-state index contributed by atoms with van der Waals surface area (Å²) in [6.07, 6.45) is 0.589. The first kappa shape index (κ1) is 16.1. The number of hydrogen-bond acceptors (Lipinski definition) is 5. The normalized spacial score (nSPS) is 10.7. The van der Waals surface area contributed by atoms with Crippen LogP contribution in [-0.4, -0.2) is 38.4 Å². The first-order valence-corrected chi connectivity index (χ1v) is 6.56. The number of hydrogen-bond donors (Lipinski definition) is 0. The summed E-state index contributed by atoms with van der Waals surface area (Å²) >= 11 is 0. The molecule has 2 aromatic rings. The van der Waals surface area contributed by atoms with Gasteiger partial charge in [0, 0.05) is 37.7 Å². The summed E-state index contributed by atoms with van der Waals surface area (Å²) in [6.45, 7) is 0.751. The molecule has 0 aliphatic heterocycles. The van der Waals surface area contributed by atoms with Crippen LogP contribution in [0, 0.1) is 11.6 Å². The standard InChI is InChI=1S/C15H15F2NO4/c1-20-4-3-5-22-13-8-12(15(19)21-2)18-14-10(13)6-9(16)7-11(14)17/h6-8H,3-5H2,1-2H3. The highest BCUT2D eigenvalue weighted by Gasteiger charge is 2.17. The SMILES string of the molecule is COCCCOc1cc(C(=O)OC)nc2c(F)cc(F)cc12. The first-order valence-electron chi connectivity index (χ1n) is 6.56. The third-order valence-corrected chi connectivity index (χ3v) is 2.94. The molecular formula is C15H15F2NO4. The zero-order chi connectivity index (χ0) is 16.1. The van der Waals surface area contributed by atoms with E-state index in [2.05, 4.69) is 9.72 Å². The molecule has 0 atom stereocenters. The molecule has 5 nitrogen and oxygen atoms in total. The molecule has 118 valence electrons. The zero-order valence-electron chi connectivity index (χ0n) is 12.2. The number of fused-ring (bicyclic) bond motifs is 1. The van der Waals surface area contributed by atoms with E-state index in [-0.39, 0.29) is 29.0 Å². The van der Waals surface area contributed by atoms with Gasteiger partial charge in [-0.2, -0.15) is 0 Å². The summed E-state index contributed by atoms with van der Waals surface area (Å²) < 4.78 is 42.3. The Morgan fingerprint density at radius 3 is 2.64 bits per heavy atom. The fraction of sp³-hybridized carbons (Fsp3) is 0.333. The number of esters is 1. The van der Waals surface area contributed by atoms with Gasteiger partial charge in [-0.05, 0) is 6.07 Å². The molecule has 1 aromatic carbocycles. The number of methoxy groups -OCH3 is 2. The number of carbonyl (C=O) groups excluding carboxylic acids is 1. The fourth-order valence-electron chi connectivity index (χ4n) is 1.94. The molecule has 1 aromatic heterocycles. The summed E-state index contributed by atoms with van der Waals surface area (Å²) in [5.41, 5.74) is -0.256. The minimum Gasteiger partial charge on any atom is -0.493 e. The third kappa shape index (κ3) is 3.48. The summed E-state index contributed by atoms with van der Waals surface area (Å²) in [5.74, 6) is -2.19. The molecule has 0 unspecified atom stereocenters. The van der Waals surface area contributed by atoms with Crippen molar-refractivity contribution in [1.82, 2.24) is 4.98 Å². The average molecular weight is 311 g/mol. The molecule has 0 saturated heterocycles. The van der Waals surface area contributed by atoms with Gasteiger partial charge in [0.1, 0.15) is 17.1 Å². The van der Waals surface area contributed by atoms with Crippen molar-refractivity contribution in [1.29, 1.82) is 0 Å². The van der Waals surface area contributed by atoms with Crippen LogP contribution >= 0.6 is 0 Å². The number of ether oxygens (including phenoxy) is 3. The molecule has 0 radical (unpaired) electrons. The van der Waals surface area contributed by atoms with Crippen LogP contribution in [-0.2, 0) is 9.47 Å². The summed E-state index contributed by atoms with van der Waals surface area (Å²) in [7, 11) is 2.75. The highest BCUT2D eigenvalue weighted by atomic mass is 19.1. The quantitative estimate of drug-likeness (QED) is 0.606. The van der Waals surface area contributed by atoms with Crippen molar-refractivity contribution < 1.29 is 27.8 Å². The second-order valence-electron chi connectivity index (χ2n) is 4.48. The van der Waals surface area contributed by atoms with E-state index in [1.165, 1.54) is 13.2 Å². The van der Waals surface area contributed by atoms with Gasteiger partial charge in [0.05, 0.1) is 13.7 Å². The molecule has 0 aliphatic rings. The van der Waals surface area contributed by atoms with Crippen LogP contribution in [0.25, 0.3) is 10.9 Å². The van der Waals surface area contributed by atoms with Gasteiger partial charge in [0.15, 0.2) is 11.5 Å². The van der Waals surface area contributed by atoms with E-state index < -0.39 is 17.6 Å². The number of aromatic nitrogens is 1. The maximum atomic E-state index is 13.9. The lowest BCUT2D eigenvalue weighted by atomic mass is 10.1. The lowest BCUT2D eigenvalue weighted by Gasteiger charge is -2.11. The summed E-state index contributed by atoms with van der Waals surface area (Å²) in [5, 5.41) is 0.155. The highest BCUT2D eigenvalue weighted by Crippen LogP contribution is 2.28. The molecule has 2 rings (SSSR count). The maximum absolute atomic E-state index is 13.9. The van der Waals surface area contributed by atoms with Crippen LogP contribution in [0.4, 0.5) is 8.78 Å². The number of carbonyl (C=O) groups is 1. The molecule has 7 heteroatoms. The molecular weight excluding hydrogens is 296 g/mol. The molecule has 0 amide bonds. The molecule has 0 bridgehead atoms. The van der Waals surface area contributed by atoms with Gasteiger partial charge < -0.3 is 14.2 Å². The number of halogens is 2. The summed E-state index contributed by atoms with van der Waals surface area (Å²) in [6, 6.07) is 3.11. The van der Waals surface area contributed by atoms with Crippen molar-refractivity contribution in [2.24, 2.45) is 0 Å². The molecule has 0 fully saturated rings. The number of pyridine rings is 1. The summed E-state index contributed by atoms with van der Waals surface area (Å²) in [4.78, 5) is 15.5. The van der Waals surface area contributed by atoms with Gasteiger partial charge in [0.25, 0.3) is 0 Å². The van der Waals surface area contributed by atoms with E-state index in [0.717, 1.165) is 6.07 Å². The Morgan fingerprint density at radius 2 is 1.95 bits per heavy atom. The minimum absolute atomic E-state index is 0.109. The molecule has 0 spiro atoms. The second kappa shape index (κ2) is 7.13.